The minimum atomic E-state index is -0.0640. The summed E-state index contributed by atoms with van der Waals surface area (Å²) in [7, 11) is 0. The Labute approximate surface area is 121 Å². The van der Waals surface area contributed by atoms with Gasteiger partial charge in [0.2, 0.25) is 5.91 Å². The van der Waals surface area contributed by atoms with Crippen molar-refractivity contribution in [2.75, 3.05) is 11.1 Å². The molecule has 2 aliphatic rings. The monoisotopic (exact) mass is 288 g/mol. The van der Waals surface area contributed by atoms with E-state index in [1.54, 1.807) is 11.8 Å². The van der Waals surface area contributed by atoms with Crippen LogP contribution < -0.4 is 10.7 Å². The molecule has 0 aromatic heterocycles. The summed E-state index contributed by atoms with van der Waals surface area (Å²) in [4.78, 5) is 15.5. The van der Waals surface area contributed by atoms with E-state index >= 15 is 0 Å². The summed E-state index contributed by atoms with van der Waals surface area (Å²) in [6.07, 6.45) is 2.40. The fourth-order valence-corrected chi connectivity index (χ4v) is 2.69. The van der Waals surface area contributed by atoms with Gasteiger partial charge in [0.1, 0.15) is 0 Å². The quantitative estimate of drug-likeness (QED) is 0.896. The highest BCUT2D eigenvalue weighted by Crippen LogP contribution is 2.25. The second-order valence-electron chi connectivity index (χ2n) is 4.88. The van der Waals surface area contributed by atoms with Crippen LogP contribution in [0.5, 0.6) is 0 Å². The van der Waals surface area contributed by atoms with Crippen LogP contribution in [0.4, 0.5) is 5.69 Å². The first-order valence-electron chi connectivity index (χ1n) is 6.62. The lowest BCUT2D eigenvalue weighted by atomic mass is 10.1. The molecule has 1 fully saturated rings. The van der Waals surface area contributed by atoms with Crippen LogP contribution in [0.2, 0.25) is 0 Å². The average molecular weight is 288 g/mol. The number of hydrogen-bond donors (Lipinski definition) is 2. The average Bonchev–Trinajstić information content (AvgIpc) is 3.24. The summed E-state index contributed by atoms with van der Waals surface area (Å²) >= 11 is 1.69. The van der Waals surface area contributed by atoms with Crippen molar-refractivity contribution in [1.29, 1.82) is 0 Å². The molecule has 1 aromatic carbocycles. The molecule has 1 heterocycles. The predicted molar refractivity (Wildman–Crippen MR) is 83.3 cm³/mol. The number of carbonyl (C=O) groups is 1. The van der Waals surface area contributed by atoms with Crippen molar-refractivity contribution >= 4 is 34.2 Å². The first kappa shape index (κ1) is 13.2. The number of benzene rings is 1. The van der Waals surface area contributed by atoms with Crippen LogP contribution >= 0.6 is 11.8 Å². The Hall–Kier alpha value is -1.82. The van der Waals surface area contributed by atoms with E-state index in [2.05, 4.69) is 20.8 Å². The Morgan fingerprint density at radius 3 is 2.70 bits per heavy atom. The van der Waals surface area contributed by atoms with Crippen molar-refractivity contribution in [3.05, 3.63) is 29.8 Å². The summed E-state index contributed by atoms with van der Waals surface area (Å²) in [5.74, 6) is 0.754. The Morgan fingerprint density at radius 1 is 1.40 bits per heavy atom. The van der Waals surface area contributed by atoms with Gasteiger partial charge in [-0.25, -0.2) is 0 Å². The molecule has 1 aromatic rings. The van der Waals surface area contributed by atoms with Crippen LogP contribution in [-0.2, 0) is 4.79 Å². The lowest BCUT2D eigenvalue weighted by molar-refractivity contribution is -0.114. The van der Waals surface area contributed by atoms with Gasteiger partial charge in [0.25, 0.3) is 0 Å². The largest absolute Gasteiger partial charge is 0.326 e. The molecule has 3 rings (SSSR count). The van der Waals surface area contributed by atoms with Gasteiger partial charge >= 0.3 is 0 Å². The molecule has 2 N–H and O–H groups in total. The van der Waals surface area contributed by atoms with Crippen molar-refractivity contribution in [3.8, 4) is 0 Å². The van der Waals surface area contributed by atoms with Crippen molar-refractivity contribution < 1.29 is 4.79 Å². The van der Waals surface area contributed by atoms with E-state index in [0.29, 0.717) is 6.04 Å². The van der Waals surface area contributed by atoms with Crippen LogP contribution in [0, 0.1) is 0 Å². The highest BCUT2D eigenvalue weighted by atomic mass is 32.2. The zero-order valence-corrected chi connectivity index (χ0v) is 12.0. The molecule has 0 saturated heterocycles. The predicted octanol–water partition coefficient (Wildman–Crippen LogP) is 2.20. The lowest BCUT2D eigenvalue weighted by Gasteiger charge is -2.15. The second kappa shape index (κ2) is 5.66. The smallest absolute Gasteiger partial charge is 0.221 e. The van der Waals surface area contributed by atoms with E-state index in [0.717, 1.165) is 27.9 Å². The Kier molecular flexibility index (Phi) is 3.73. The normalized spacial score (nSPS) is 20.2. The highest BCUT2D eigenvalue weighted by Gasteiger charge is 2.22. The molecule has 0 unspecified atom stereocenters. The molecule has 0 atom stereocenters. The van der Waals surface area contributed by atoms with Crippen molar-refractivity contribution in [2.45, 2.75) is 25.8 Å². The molecule has 5 nitrogen and oxygen atoms in total. The third-order valence-corrected chi connectivity index (χ3v) is 3.91. The van der Waals surface area contributed by atoms with Crippen molar-refractivity contribution in [2.24, 2.45) is 10.1 Å². The van der Waals surface area contributed by atoms with Gasteiger partial charge in [-0.3, -0.25) is 15.2 Å². The number of aliphatic imine (C=N–C) groups is 1. The van der Waals surface area contributed by atoms with E-state index < -0.39 is 0 Å². The maximum atomic E-state index is 11.0. The minimum Gasteiger partial charge on any atom is -0.326 e. The van der Waals surface area contributed by atoms with Crippen LogP contribution in [0.3, 0.4) is 0 Å². The number of thioether (sulfide) groups is 1. The second-order valence-corrected chi connectivity index (χ2v) is 5.85. The maximum Gasteiger partial charge on any atom is 0.221 e. The molecule has 0 bridgehead atoms. The van der Waals surface area contributed by atoms with Gasteiger partial charge in [-0.05, 0) is 30.5 Å². The molecule has 20 heavy (non-hydrogen) atoms. The first-order valence-corrected chi connectivity index (χ1v) is 7.60. The molecule has 0 spiro atoms. The number of anilines is 1. The number of carbonyl (C=O) groups excluding carboxylic acids is 1. The van der Waals surface area contributed by atoms with Crippen LogP contribution in [0.15, 0.2) is 34.4 Å². The van der Waals surface area contributed by atoms with Gasteiger partial charge in [-0.1, -0.05) is 23.9 Å². The molecule has 104 valence electrons. The standard InChI is InChI=1S/C14H16N4OS/c1-9(19)15-11-4-2-10(3-5-11)13-8-20-14(18-17-13)16-12-6-7-12/h2-5,12H,6-8H2,1H3,(H,15,19)(H,16,18). The fraction of sp³-hybridized carbons (Fsp3) is 0.357. The van der Waals surface area contributed by atoms with E-state index in [-0.39, 0.29) is 5.91 Å². The van der Waals surface area contributed by atoms with Gasteiger partial charge in [0.15, 0.2) is 5.17 Å². The van der Waals surface area contributed by atoms with Crippen molar-refractivity contribution in [3.63, 3.8) is 0 Å². The Morgan fingerprint density at radius 2 is 2.15 bits per heavy atom. The lowest BCUT2D eigenvalue weighted by Crippen LogP contribution is -2.25. The van der Waals surface area contributed by atoms with Crippen LogP contribution in [-0.4, -0.2) is 28.6 Å². The molecule has 6 heteroatoms. The molecule has 1 saturated carbocycles. The summed E-state index contributed by atoms with van der Waals surface area (Å²) in [6, 6.07) is 8.22. The number of rotatable bonds is 3. The number of hydrazone groups is 1. The number of amides is 1. The SMILES string of the molecule is CC(=O)Nc1ccc(C2=NNC(=NC3CC3)SC2)cc1. The number of nitrogens with zero attached hydrogens (tertiary/aromatic N) is 2. The van der Waals surface area contributed by atoms with E-state index in [1.807, 2.05) is 24.3 Å². The molecular formula is C14H16N4OS. The highest BCUT2D eigenvalue weighted by molar-refractivity contribution is 8.14. The van der Waals surface area contributed by atoms with E-state index in [9.17, 15) is 4.79 Å². The summed E-state index contributed by atoms with van der Waals surface area (Å²) in [5.41, 5.74) is 5.88. The fourth-order valence-electron chi connectivity index (χ4n) is 1.85. The summed E-state index contributed by atoms with van der Waals surface area (Å²) in [6.45, 7) is 1.50. The van der Waals surface area contributed by atoms with Crippen LogP contribution in [0.1, 0.15) is 25.3 Å². The third kappa shape index (κ3) is 3.39. The zero-order valence-electron chi connectivity index (χ0n) is 11.2. The topological polar surface area (TPSA) is 65.8 Å². The van der Waals surface area contributed by atoms with Gasteiger partial charge in [0.05, 0.1) is 11.8 Å². The van der Waals surface area contributed by atoms with E-state index in [1.165, 1.54) is 19.8 Å². The molecule has 1 aliphatic heterocycles. The van der Waals surface area contributed by atoms with Gasteiger partial charge in [-0.2, -0.15) is 5.10 Å². The van der Waals surface area contributed by atoms with Gasteiger partial charge in [0, 0.05) is 18.4 Å². The molecule has 1 amide bonds. The number of nitrogens with one attached hydrogen (secondary N) is 2. The summed E-state index contributed by atoms with van der Waals surface area (Å²) < 4.78 is 0. The zero-order chi connectivity index (χ0) is 13.9. The summed E-state index contributed by atoms with van der Waals surface area (Å²) in [5, 5.41) is 8.05. The molecule has 0 radical (unpaired) electrons. The van der Waals surface area contributed by atoms with Crippen LogP contribution in [0.25, 0.3) is 0 Å². The molecule has 1 aliphatic carbocycles. The minimum absolute atomic E-state index is 0.0640. The Balaban J connectivity index is 1.67. The molecular weight excluding hydrogens is 272 g/mol. The first-order chi connectivity index (χ1) is 9.70. The maximum absolute atomic E-state index is 11.0. The van der Waals surface area contributed by atoms with Crippen molar-refractivity contribution in [1.82, 2.24) is 5.43 Å². The third-order valence-electron chi connectivity index (χ3n) is 3.02. The Bertz CT molecular complexity index is 575. The van der Waals surface area contributed by atoms with E-state index in [4.69, 9.17) is 0 Å². The number of hydrogen-bond acceptors (Lipinski definition) is 4. The number of amidine groups is 1. The van der Waals surface area contributed by atoms with Gasteiger partial charge < -0.3 is 5.32 Å². The van der Waals surface area contributed by atoms with Gasteiger partial charge in [-0.15, -0.1) is 0 Å².